The van der Waals surface area contributed by atoms with Crippen molar-refractivity contribution in [3.63, 3.8) is 0 Å². The Morgan fingerprint density at radius 1 is 1.29 bits per heavy atom. The Morgan fingerprint density at radius 3 is 2.94 bits per heavy atom. The van der Waals surface area contributed by atoms with Crippen LogP contribution in [0.25, 0.3) is 5.69 Å². The van der Waals surface area contributed by atoms with E-state index in [0.717, 1.165) is 24.1 Å². The quantitative estimate of drug-likeness (QED) is 0.749. The molecule has 3 rings (SSSR count). The van der Waals surface area contributed by atoms with E-state index in [2.05, 4.69) is 24.2 Å². The molecule has 17 heavy (non-hydrogen) atoms. The molecule has 0 atom stereocenters. The molecule has 0 N–H and O–H groups in total. The van der Waals surface area contributed by atoms with Crippen LogP contribution in [0.3, 0.4) is 0 Å². The number of benzene rings is 1. The molecule has 1 aromatic carbocycles. The highest BCUT2D eigenvalue weighted by molar-refractivity contribution is 5.96. The molecule has 1 aliphatic rings. The van der Waals surface area contributed by atoms with E-state index >= 15 is 0 Å². The van der Waals surface area contributed by atoms with Gasteiger partial charge in [0.05, 0.1) is 5.69 Å². The monoisotopic (exact) mass is 226 g/mol. The Kier molecular flexibility index (Phi) is 2.32. The summed E-state index contributed by atoms with van der Waals surface area (Å²) in [5.41, 5.74) is 3.97. The summed E-state index contributed by atoms with van der Waals surface area (Å²) in [6.07, 6.45) is 4.54. The van der Waals surface area contributed by atoms with E-state index in [9.17, 15) is 4.79 Å². The van der Waals surface area contributed by atoms with Crippen molar-refractivity contribution in [2.75, 3.05) is 0 Å². The smallest absolute Gasteiger partial charge is 0.183 e. The highest BCUT2D eigenvalue weighted by Crippen LogP contribution is 2.21. The number of carbonyl (C=O) groups is 1. The Labute approximate surface area is 100 Å². The first-order valence-corrected chi connectivity index (χ1v) is 5.93. The fraction of sp³-hybridized carbons (Fsp3) is 0.286. The number of hydrogen-bond donors (Lipinski definition) is 0. The van der Waals surface area contributed by atoms with Crippen molar-refractivity contribution in [3.05, 3.63) is 47.3 Å². The van der Waals surface area contributed by atoms with E-state index in [0.29, 0.717) is 12.1 Å². The molecular formula is C14H14N2O. The van der Waals surface area contributed by atoms with Gasteiger partial charge in [0, 0.05) is 18.2 Å². The summed E-state index contributed by atoms with van der Waals surface area (Å²) in [6, 6.07) is 8.14. The lowest BCUT2D eigenvalue weighted by atomic mass is 9.97. The van der Waals surface area contributed by atoms with Crippen LogP contribution in [0.2, 0.25) is 0 Å². The lowest BCUT2D eigenvalue weighted by Crippen LogP contribution is -2.09. The normalized spacial score (nSPS) is 14.8. The van der Waals surface area contributed by atoms with E-state index in [1.807, 2.05) is 23.0 Å². The first-order valence-electron chi connectivity index (χ1n) is 5.93. The molecule has 86 valence electrons. The topological polar surface area (TPSA) is 34.9 Å². The van der Waals surface area contributed by atoms with Gasteiger partial charge in [0.25, 0.3) is 0 Å². The van der Waals surface area contributed by atoms with E-state index in [4.69, 9.17) is 0 Å². The largest absolute Gasteiger partial charge is 0.292 e. The molecule has 3 nitrogen and oxygen atoms in total. The van der Waals surface area contributed by atoms with E-state index in [1.165, 1.54) is 5.56 Å². The molecule has 0 radical (unpaired) electrons. The van der Waals surface area contributed by atoms with E-state index in [1.54, 1.807) is 0 Å². The van der Waals surface area contributed by atoms with Gasteiger partial charge in [-0.1, -0.05) is 12.1 Å². The second-order valence-electron chi connectivity index (χ2n) is 4.56. The summed E-state index contributed by atoms with van der Waals surface area (Å²) >= 11 is 0. The molecule has 0 aliphatic heterocycles. The summed E-state index contributed by atoms with van der Waals surface area (Å²) in [6.45, 7) is 2.05. The number of fused-ring (bicyclic) bond motifs is 1. The van der Waals surface area contributed by atoms with Crippen LogP contribution in [-0.4, -0.2) is 15.6 Å². The van der Waals surface area contributed by atoms with Gasteiger partial charge in [0.15, 0.2) is 5.78 Å². The average Bonchev–Trinajstić information content (AvgIpc) is 2.74. The molecule has 2 aromatic rings. The van der Waals surface area contributed by atoms with E-state index < -0.39 is 0 Å². The summed E-state index contributed by atoms with van der Waals surface area (Å²) in [4.78, 5) is 11.7. The molecule has 3 heteroatoms. The van der Waals surface area contributed by atoms with Gasteiger partial charge in [-0.15, -0.1) is 0 Å². The molecule has 0 spiro atoms. The Bertz CT molecular complexity index is 584. The van der Waals surface area contributed by atoms with Crippen molar-refractivity contribution in [3.8, 4) is 5.69 Å². The summed E-state index contributed by atoms with van der Waals surface area (Å²) in [7, 11) is 0. The van der Waals surface area contributed by atoms with Crippen molar-refractivity contribution in [2.45, 2.75) is 26.2 Å². The average molecular weight is 226 g/mol. The Hall–Kier alpha value is -1.90. The van der Waals surface area contributed by atoms with Crippen molar-refractivity contribution < 1.29 is 4.79 Å². The van der Waals surface area contributed by atoms with Gasteiger partial charge in [-0.25, -0.2) is 4.68 Å². The molecule has 0 bridgehead atoms. The minimum absolute atomic E-state index is 0.178. The number of Topliss-reactive ketones (excluding diaryl/α,β-unsaturated/α-hetero) is 1. The first kappa shape index (κ1) is 10.3. The molecule has 1 aliphatic carbocycles. The highest BCUT2D eigenvalue weighted by atomic mass is 16.1. The second kappa shape index (κ2) is 3.84. The van der Waals surface area contributed by atoms with Crippen molar-refractivity contribution in [1.29, 1.82) is 0 Å². The number of rotatable bonds is 1. The summed E-state index contributed by atoms with van der Waals surface area (Å²) < 4.78 is 1.82. The van der Waals surface area contributed by atoms with Crippen LogP contribution in [0.5, 0.6) is 0 Å². The number of carbonyl (C=O) groups excluding carboxylic acids is 1. The third-order valence-electron chi connectivity index (χ3n) is 3.17. The zero-order chi connectivity index (χ0) is 11.8. The third kappa shape index (κ3) is 1.78. The number of hydrogen-bond acceptors (Lipinski definition) is 2. The molecule has 1 aromatic heterocycles. The lowest BCUT2D eigenvalue weighted by Gasteiger charge is -2.05. The standard InChI is InChI=1S/C14H14N2O/c1-10-4-2-6-12(8-10)16-9-11-5-3-7-13(17)14(11)15-16/h2,4,6,8-9H,3,5,7H2,1H3. The Balaban J connectivity index is 2.08. The molecular weight excluding hydrogens is 212 g/mol. The maximum absolute atomic E-state index is 11.7. The van der Waals surface area contributed by atoms with Crippen LogP contribution >= 0.6 is 0 Å². The molecule has 0 amide bonds. The number of nitrogens with zero attached hydrogens (tertiary/aromatic N) is 2. The van der Waals surface area contributed by atoms with Crippen LogP contribution in [0.4, 0.5) is 0 Å². The Morgan fingerprint density at radius 2 is 2.18 bits per heavy atom. The van der Waals surface area contributed by atoms with Gasteiger partial charge in [-0.05, 0) is 37.5 Å². The minimum Gasteiger partial charge on any atom is -0.292 e. The van der Waals surface area contributed by atoms with Crippen molar-refractivity contribution >= 4 is 5.78 Å². The van der Waals surface area contributed by atoms with Crippen LogP contribution in [0, 0.1) is 6.92 Å². The predicted molar refractivity (Wildman–Crippen MR) is 65.6 cm³/mol. The van der Waals surface area contributed by atoms with Gasteiger partial charge in [-0.3, -0.25) is 4.79 Å². The zero-order valence-electron chi connectivity index (χ0n) is 9.81. The minimum atomic E-state index is 0.178. The molecule has 0 saturated heterocycles. The van der Waals surface area contributed by atoms with Gasteiger partial charge in [-0.2, -0.15) is 5.10 Å². The maximum atomic E-state index is 11.7. The fourth-order valence-electron chi connectivity index (χ4n) is 2.29. The predicted octanol–water partition coefficient (Wildman–Crippen LogP) is 2.70. The van der Waals surface area contributed by atoms with Crippen LogP contribution < -0.4 is 0 Å². The maximum Gasteiger partial charge on any atom is 0.183 e. The van der Waals surface area contributed by atoms with E-state index in [-0.39, 0.29) is 5.78 Å². The van der Waals surface area contributed by atoms with Crippen molar-refractivity contribution in [1.82, 2.24) is 9.78 Å². The summed E-state index contributed by atoms with van der Waals surface area (Å²) in [5, 5.41) is 4.41. The molecule has 0 saturated carbocycles. The molecule has 1 heterocycles. The summed E-state index contributed by atoms with van der Waals surface area (Å²) in [5.74, 6) is 0.178. The van der Waals surface area contributed by atoms with Crippen LogP contribution in [-0.2, 0) is 6.42 Å². The third-order valence-corrected chi connectivity index (χ3v) is 3.17. The number of ketones is 1. The number of aryl methyl sites for hydroxylation is 2. The second-order valence-corrected chi connectivity index (χ2v) is 4.56. The molecule has 0 unspecified atom stereocenters. The van der Waals surface area contributed by atoms with Gasteiger partial charge in [0.2, 0.25) is 0 Å². The van der Waals surface area contributed by atoms with Gasteiger partial charge < -0.3 is 0 Å². The zero-order valence-corrected chi connectivity index (χ0v) is 9.81. The SMILES string of the molecule is Cc1cccc(-n2cc3c(n2)C(=O)CCC3)c1. The lowest BCUT2D eigenvalue weighted by molar-refractivity contribution is 0.0967. The van der Waals surface area contributed by atoms with Crippen molar-refractivity contribution in [2.24, 2.45) is 0 Å². The first-order chi connectivity index (χ1) is 8.24. The highest BCUT2D eigenvalue weighted by Gasteiger charge is 2.21. The fourth-order valence-corrected chi connectivity index (χ4v) is 2.29. The van der Waals surface area contributed by atoms with Crippen LogP contribution in [0.1, 0.15) is 34.5 Å². The molecule has 0 fully saturated rings. The van der Waals surface area contributed by atoms with Gasteiger partial charge in [0.1, 0.15) is 5.69 Å². The van der Waals surface area contributed by atoms with Crippen LogP contribution in [0.15, 0.2) is 30.5 Å². The number of aromatic nitrogens is 2. The van der Waals surface area contributed by atoms with Gasteiger partial charge >= 0.3 is 0 Å².